The average molecular weight is 206 g/mol. The van der Waals surface area contributed by atoms with Gasteiger partial charge in [0.15, 0.2) is 0 Å². The molecule has 0 aliphatic carbocycles. The molecule has 1 atom stereocenters. The highest BCUT2D eigenvalue weighted by molar-refractivity contribution is 5.77. The normalized spacial score (nSPS) is 15.3. The molecule has 0 radical (unpaired) electrons. The highest BCUT2D eigenvalue weighted by Gasteiger charge is 2.19. The third-order valence-electron chi connectivity index (χ3n) is 2.77. The fourth-order valence-corrected chi connectivity index (χ4v) is 1.79. The molecule has 0 bridgehead atoms. The maximum atomic E-state index is 11.4. The molecule has 1 heterocycles. The Labute approximate surface area is 89.0 Å². The van der Waals surface area contributed by atoms with Crippen LogP contribution in [0.25, 0.3) is 0 Å². The van der Waals surface area contributed by atoms with Crippen molar-refractivity contribution in [3.63, 3.8) is 0 Å². The van der Waals surface area contributed by atoms with Crippen molar-refractivity contribution in [1.29, 1.82) is 0 Å². The zero-order chi connectivity index (χ0) is 10.8. The van der Waals surface area contributed by atoms with Gasteiger partial charge in [0.05, 0.1) is 19.6 Å². The summed E-state index contributed by atoms with van der Waals surface area (Å²) < 4.78 is 10.1. The van der Waals surface area contributed by atoms with Gasteiger partial charge in [-0.1, -0.05) is 12.1 Å². The summed E-state index contributed by atoms with van der Waals surface area (Å²) in [5, 5.41) is 0. The first-order chi connectivity index (χ1) is 7.22. The Bertz CT molecular complexity index is 384. The largest absolute Gasteiger partial charge is 0.493 e. The molecule has 0 amide bonds. The first-order valence-electron chi connectivity index (χ1n) is 5.06. The lowest BCUT2D eigenvalue weighted by atomic mass is 9.98. The number of methoxy groups -OCH3 is 1. The summed E-state index contributed by atoms with van der Waals surface area (Å²) in [7, 11) is 1.41. The standard InChI is InChI=1S/C12H14O3/c1-8(12(13)14-2)9-3-4-11-10(7-9)5-6-15-11/h3-4,7-8H,5-6H2,1-2H3. The number of fused-ring (bicyclic) bond motifs is 1. The summed E-state index contributed by atoms with van der Waals surface area (Å²) in [5.41, 5.74) is 2.18. The number of hydrogen-bond acceptors (Lipinski definition) is 3. The van der Waals surface area contributed by atoms with Crippen LogP contribution in [0.1, 0.15) is 24.0 Å². The summed E-state index contributed by atoms with van der Waals surface area (Å²) in [6.45, 7) is 2.59. The summed E-state index contributed by atoms with van der Waals surface area (Å²) in [6, 6.07) is 5.88. The van der Waals surface area contributed by atoms with E-state index in [9.17, 15) is 4.79 Å². The van der Waals surface area contributed by atoms with Gasteiger partial charge in [-0.2, -0.15) is 0 Å². The topological polar surface area (TPSA) is 35.5 Å². The molecule has 3 heteroatoms. The maximum Gasteiger partial charge on any atom is 0.312 e. The van der Waals surface area contributed by atoms with E-state index in [4.69, 9.17) is 9.47 Å². The molecular formula is C12H14O3. The minimum absolute atomic E-state index is 0.200. The second-order valence-corrected chi connectivity index (χ2v) is 3.71. The molecule has 80 valence electrons. The predicted molar refractivity (Wildman–Crippen MR) is 56.1 cm³/mol. The number of benzene rings is 1. The molecule has 1 aromatic rings. The molecule has 1 aliphatic rings. The van der Waals surface area contributed by atoms with Crippen LogP contribution in [0.3, 0.4) is 0 Å². The van der Waals surface area contributed by atoms with Crippen molar-refractivity contribution in [2.24, 2.45) is 0 Å². The molecule has 1 aliphatic heterocycles. The molecule has 2 rings (SSSR count). The van der Waals surface area contributed by atoms with E-state index in [2.05, 4.69) is 0 Å². The fourth-order valence-electron chi connectivity index (χ4n) is 1.79. The van der Waals surface area contributed by atoms with E-state index in [0.29, 0.717) is 0 Å². The smallest absolute Gasteiger partial charge is 0.312 e. The molecule has 1 unspecified atom stereocenters. The van der Waals surface area contributed by atoms with Gasteiger partial charge in [-0.3, -0.25) is 4.79 Å². The summed E-state index contributed by atoms with van der Waals surface area (Å²) in [6.07, 6.45) is 0.928. The molecule has 1 aromatic carbocycles. The van der Waals surface area contributed by atoms with Crippen molar-refractivity contribution in [3.05, 3.63) is 29.3 Å². The van der Waals surface area contributed by atoms with Crippen molar-refractivity contribution < 1.29 is 14.3 Å². The Morgan fingerprint density at radius 3 is 3.07 bits per heavy atom. The van der Waals surface area contributed by atoms with Gasteiger partial charge in [-0.05, 0) is 24.1 Å². The van der Waals surface area contributed by atoms with Gasteiger partial charge in [0.1, 0.15) is 5.75 Å². The monoisotopic (exact) mass is 206 g/mol. The molecule has 0 saturated carbocycles. The molecule has 0 spiro atoms. The van der Waals surface area contributed by atoms with E-state index in [1.807, 2.05) is 25.1 Å². The van der Waals surface area contributed by atoms with Crippen molar-refractivity contribution in [1.82, 2.24) is 0 Å². The van der Waals surface area contributed by atoms with Gasteiger partial charge >= 0.3 is 5.97 Å². The lowest BCUT2D eigenvalue weighted by Crippen LogP contribution is -2.10. The molecule has 0 saturated heterocycles. The van der Waals surface area contributed by atoms with E-state index in [1.54, 1.807) is 0 Å². The maximum absolute atomic E-state index is 11.4. The fraction of sp³-hybridized carbons (Fsp3) is 0.417. The minimum Gasteiger partial charge on any atom is -0.493 e. The highest BCUT2D eigenvalue weighted by Crippen LogP contribution is 2.29. The van der Waals surface area contributed by atoms with Crippen LogP contribution in [0.2, 0.25) is 0 Å². The SMILES string of the molecule is COC(=O)C(C)c1ccc2c(c1)CCO2. The van der Waals surface area contributed by atoms with E-state index in [1.165, 1.54) is 12.7 Å². The van der Waals surface area contributed by atoms with Gasteiger partial charge in [0.25, 0.3) is 0 Å². The van der Waals surface area contributed by atoms with Crippen LogP contribution in [0, 0.1) is 0 Å². The molecule has 0 fully saturated rings. The summed E-state index contributed by atoms with van der Waals surface area (Å²) in [4.78, 5) is 11.4. The van der Waals surface area contributed by atoms with Crippen molar-refractivity contribution >= 4 is 5.97 Å². The van der Waals surface area contributed by atoms with Crippen molar-refractivity contribution in [3.8, 4) is 5.75 Å². The van der Waals surface area contributed by atoms with Gasteiger partial charge in [-0.15, -0.1) is 0 Å². The predicted octanol–water partition coefficient (Wildman–Crippen LogP) is 1.90. The first kappa shape index (κ1) is 10.0. The molecular weight excluding hydrogens is 192 g/mol. The van der Waals surface area contributed by atoms with Gasteiger partial charge in [-0.25, -0.2) is 0 Å². The molecule has 0 aromatic heterocycles. The van der Waals surface area contributed by atoms with E-state index < -0.39 is 0 Å². The lowest BCUT2D eigenvalue weighted by Gasteiger charge is -2.10. The first-order valence-corrected chi connectivity index (χ1v) is 5.06. The summed E-state index contributed by atoms with van der Waals surface area (Å²) >= 11 is 0. The molecule has 0 N–H and O–H groups in total. The van der Waals surface area contributed by atoms with Gasteiger partial charge in [0.2, 0.25) is 0 Å². The number of esters is 1. The van der Waals surface area contributed by atoms with Gasteiger partial charge in [0, 0.05) is 6.42 Å². The van der Waals surface area contributed by atoms with Crippen LogP contribution < -0.4 is 4.74 Å². The van der Waals surface area contributed by atoms with E-state index >= 15 is 0 Å². The number of hydrogen-bond donors (Lipinski definition) is 0. The second-order valence-electron chi connectivity index (χ2n) is 3.71. The Morgan fingerprint density at radius 1 is 1.53 bits per heavy atom. The van der Waals surface area contributed by atoms with E-state index in [0.717, 1.165) is 24.3 Å². The second kappa shape index (κ2) is 3.93. The minimum atomic E-state index is -0.208. The third kappa shape index (κ3) is 1.82. The Kier molecular flexibility index (Phi) is 2.62. The molecule has 15 heavy (non-hydrogen) atoms. The van der Waals surface area contributed by atoms with Crippen LogP contribution in [-0.4, -0.2) is 19.7 Å². The average Bonchev–Trinajstić information content (AvgIpc) is 2.73. The van der Waals surface area contributed by atoms with Crippen LogP contribution in [0.4, 0.5) is 0 Å². The molecule has 3 nitrogen and oxygen atoms in total. The third-order valence-corrected chi connectivity index (χ3v) is 2.77. The van der Waals surface area contributed by atoms with Crippen LogP contribution >= 0.6 is 0 Å². The van der Waals surface area contributed by atoms with Crippen molar-refractivity contribution in [2.45, 2.75) is 19.3 Å². The number of ether oxygens (including phenoxy) is 2. The van der Waals surface area contributed by atoms with Crippen LogP contribution in [0.5, 0.6) is 5.75 Å². The number of rotatable bonds is 2. The Hall–Kier alpha value is -1.51. The Morgan fingerprint density at radius 2 is 2.33 bits per heavy atom. The van der Waals surface area contributed by atoms with Gasteiger partial charge < -0.3 is 9.47 Å². The van der Waals surface area contributed by atoms with Crippen LogP contribution in [0.15, 0.2) is 18.2 Å². The highest BCUT2D eigenvalue weighted by atomic mass is 16.5. The number of carbonyl (C=O) groups is 1. The number of carbonyl (C=O) groups excluding carboxylic acids is 1. The zero-order valence-electron chi connectivity index (χ0n) is 8.95. The van der Waals surface area contributed by atoms with Crippen LogP contribution in [-0.2, 0) is 16.0 Å². The zero-order valence-corrected chi connectivity index (χ0v) is 8.95. The Balaban J connectivity index is 2.26. The van der Waals surface area contributed by atoms with E-state index in [-0.39, 0.29) is 11.9 Å². The van der Waals surface area contributed by atoms with Crippen molar-refractivity contribution in [2.75, 3.05) is 13.7 Å². The quantitative estimate of drug-likeness (QED) is 0.693. The summed E-state index contributed by atoms with van der Waals surface area (Å²) in [5.74, 6) is 0.533. The lowest BCUT2D eigenvalue weighted by molar-refractivity contribution is -0.141.